The normalized spacial score (nSPS) is 11.6. The summed E-state index contributed by atoms with van der Waals surface area (Å²) in [4.78, 5) is 23.1. The minimum atomic E-state index is -0.991. The number of amides is 1. The number of benzene rings is 2. The maximum atomic E-state index is 12.1. The van der Waals surface area contributed by atoms with Gasteiger partial charge >= 0.3 is 5.97 Å². The topological polar surface area (TPSA) is 86.6 Å². The quantitative estimate of drug-likeness (QED) is 0.787. The van der Waals surface area contributed by atoms with Crippen LogP contribution in [0.5, 0.6) is 5.75 Å². The van der Waals surface area contributed by atoms with Crippen LogP contribution >= 0.6 is 0 Å². The zero-order valence-corrected chi connectivity index (χ0v) is 11.2. The number of phenolic OH excluding ortho intramolecular Hbond substituents is 1. The van der Waals surface area contributed by atoms with E-state index in [1.807, 2.05) is 6.07 Å². The second kappa shape index (κ2) is 6.56. The van der Waals surface area contributed by atoms with Crippen LogP contribution in [0.2, 0.25) is 0 Å². The number of carboxylic acids is 1. The van der Waals surface area contributed by atoms with E-state index in [2.05, 4.69) is 5.32 Å². The Bertz CT molecular complexity index is 622. The lowest BCUT2D eigenvalue weighted by Crippen LogP contribution is -2.30. The van der Waals surface area contributed by atoms with Gasteiger partial charge in [0.25, 0.3) is 5.91 Å². The van der Waals surface area contributed by atoms with Crippen LogP contribution in [-0.2, 0) is 4.79 Å². The average molecular weight is 285 g/mol. The maximum absolute atomic E-state index is 12.1. The Hall–Kier alpha value is -2.82. The molecule has 0 heterocycles. The van der Waals surface area contributed by atoms with Crippen molar-refractivity contribution in [1.82, 2.24) is 5.32 Å². The Kier molecular flexibility index (Phi) is 4.56. The van der Waals surface area contributed by atoms with Gasteiger partial charge in [0, 0.05) is 5.56 Å². The van der Waals surface area contributed by atoms with Crippen molar-refractivity contribution in [1.29, 1.82) is 0 Å². The van der Waals surface area contributed by atoms with Crippen molar-refractivity contribution in [2.75, 3.05) is 0 Å². The van der Waals surface area contributed by atoms with E-state index in [0.29, 0.717) is 5.56 Å². The zero-order valence-electron chi connectivity index (χ0n) is 11.2. The SMILES string of the molecule is O=C(O)CC(NC(=O)c1ccc(O)cc1)c1ccccc1. The lowest BCUT2D eigenvalue weighted by molar-refractivity contribution is -0.137. The predicted molar refractivity (Wildman–Crippen MR) is 77.0 cm³/mol. The van der Waals surface area contributed by atoms with Gasteiger partial charge in [-0.3, -0.25) is 9.59 Å². The number of carbonyl (C=O) groups excluding carboxylic acids is 1. The van der Waals surface area contributed by atoms with Gasteiger partial charge in [0.2, 0.25) is 0 Å². The van der Waals surface area contributed by atoms with Crippen LogP contribution < -0.4 is 5.32 Å². The van der Waals surface area contributed by atoms with E-state index in [1.165, 1.54) is 24.3 Å². The summed E-state index contributed by atoms with van der Waals surface area (Å²) in [5.41, 5.74) is 1.09. The Balaban J connectivity index is 2.17. The number of carboxylic acid groups (broad SMARTS) is 1. The largest absolute Gasteiger partial charge is 0.508 e. The third-order valence-corrected chi connectivity index (χ3v) is 3.02. The molecule has 3 N–H and O–H groups in total. The fourth-order valence-corrected chi connectivity index (χ4v) is 1.97. The number of carbonyl (C=O) groups is 2. The lowest BCUT2D eigenvalue weighted by atomic mass is 10.0. The van der Waals surface area contributed by atoms with Crippen LogP contribution in [0, 0.1) is 0 Å². The second-order valence-corrected chi connectivity index (χ2v) is 4.58. The van der Waals surface area contributed by atoms with Crippen LogP contribution in [-0.4, -0.2) is 22.1 Å². The molecule has 2 aromatic carbocycles. The molecule has 0 saturated heterocycles. The molecule has 0 aliphatic heterocycles. The van der Waals surface area contributed by atoms with E-state index in [4.69, 9.17) is 5.11 Å². The Labute approximate surface area is 121 Å². The van der Waals surface area contributed by atoms with Crippen LogP contribution in [0.25, 0.3) is 0 Å². The van der Waals surface area contributed by atoms with Crippen molar-refractivity contribution < 1.29 is 19.8 Å². The monoisotopic (exact) mass is 285 g/mol. The first-order valence-corrected chi connectivity index (χ1v) is 6.43. The van der Waals surface area contributed by atoms with Crippen molar-refractivity contribution >= 4 is 11.9 Å². The molecule has 0 fully saturated rings. The molecule has 0 radical (unpaired) electrons. The molecule has 0 aliphatic rings. The highest BCUT2D eigenvalue weighted by molar-refractivity contribution is 5.94. The smallest absolute Gasteiger partial charge is 0.305 e. The second-order valence-electron chi connectivity index (χ2n) is 4.58. The summed E-state index contributed by atoms with van der Waals surface area (Å²) in [7, 11) is 0. The van der Waals surface area contributed by atoms with Crippen LogP contribution in [0.3, 0.4) is 0 Å². The predicted octanol–water partition coefficient (Wildman–Crippen LogP) is 2.34. The Morgan fingerprint density at radius 1 is 1.00 bits per heavy atom. The van der Waals surface area contributed by atoms with Crippen LogP contribution in [0.1, 0.15) is 28.4 Å². The fourth-order valence-electron chi connectivity index (χ4n) is 1.97. The van der Waals surface area contributed by atoms with Gasteiger partial charge < -0.3 is 15.5 Å². The Morgan fingerprint density at radius 3 is 2.19 bits per heavy atom. The highest BCUT2D eigenvalue weighted by Crippen LogP contribution is 2.18. The van der Waals surface area contributed by atoms with E-state index >= 15 is 0 Å². The van der Waals surface area contributed by atoms with E-state index in [0.717, 1.165) is 5.56 Å². The third kappa shape index (κ3) is 4.07. The fraction of sp³-hybridized carbons (Fsp3) is 0.125. The minimum Gasteiger partial charge on any atom is -0.508 e. The van der Waals surface area contributed by atoms with Crippen molar-refractivity contribution in [3.8, 4) is 5.75 Å². The molecule has 5 heteroatoms. The summed E-state index contributed by atoms with van der Waals surface area (Å²) in [5, 5.41) is 20.9. The first-order valence-electron chi connectivity index (χ1n) is 6.43. The van der Waals surface area contributed by atoms with Crippen molar-refractivity contribution in [2.24, 2.45) is 0 Å². The van der Waals surface area contributed by atoms with E-state index in [-0.39, 0.29) is 18.1 Å². The first-order chi connectivity index (χ1) is 10.1. The van der Waals surface area contributed by atoms with Gasteiger partial charge in [-0.1, -0.05) is 30.3 Å². The molecule has 1 amide bonds. The van der Waals surface area contributed by atoms with Crippen LogP contribution in [0.4, 0.5) is 0 Å². The molecule has 1 atom stereocenters. The maximum Gasteiger partial charge on any atom is 0.305 e. The first kappa shape index (κ1) is 14.6. The summed E-state index contributed by atoms with van der Waals surface area (Å²) in [5.74, 6) is -1.31. The highest BCUT2D eigenvalue weighted by Gasteiger charge is 2.18. The average Bonchev–Trinajstić information content (AvgIpc) is 2.47. The van der Waals surface area contributed by atoms with Gasteiger partial charge in [0.15, 0.2) is 0 Å². The molecule has 0 bridgehead atoms. The number of rotatable bonds is 5. The van der Waals surface area contributed by atoms with Gasteiger partial charge in [-0.15, -0.1) is 0 Å². The minimum absolute atomic E-state index is 0.0664. The van der Waals surface area contributed by atoms with E-state index in [9.17, 15) is 14.7 Å². The van der Waals surface area contributed by atoms with Crippen molar-refractivity contribution in [2.45, 2.75) is 12.5 Å². The molecule has 0 spiro atoms. The molecule has 21 heavy (non-hydrogen) atoms. The third-order valence-electron chi connectivity index (χ3n) is 3.02. The van der Waals surface area contributed by atoms with Crippen LogP contribution in [0.15, 0.2) is 54.6 Å². The molecule has 5 nitrogen and oxygen atoms in total. The number of hydrogen-bond acceptors (Lipinski definition) is 3. The summed E-state index contributed by atoms with van der Waals surface area (Å²) >= 11 is 0. The number of aromatic hydroxyl groups is 1. The van der Waals surface area contributed by atoms with Gasteiger partial charge in [-0.2, -0.15) is 0 Å². The highest BCUT2D eigenvalue weighted by atomic mass is 16.4. The molecular weight excluding hydrogens is 270 g/mol. The molecule has 108 valence electrons. The molecule has 0 aromatic heterocycles. The van der Waals surface area contributed by atoms with Crippen molar-refractivity contribution in [3.63, 3.8) is 0 Å². The molecule has 2 aromatic rings. The van der Waals surface area contributed by atoms with Gasteiger partial charge in [0.1, 0.15) is 5.75 Å². The zero-order chi connectivity index (χ0) is 15.2. The number of hydrogen-bond donors (Lipinski definition) is 3. The summed E-state index contributed by atoms with van der Waals surface area (Å²) in [6, 6.07) is 14.1. The number of nitrogens with one attached hydrogen (secondary N) is 1. The molecular formula is C16H15NO4. The van der Waals surface area contributed by atoms with Gasteiger partial charge in [-0.05, 0) is 29.8 Å². The number of aliphatic carboxylic acids is 1. The van der Waals surface area contributed by atoms with E-state index in [1.54, 1.807) is 24.3 Å². The summed E-state index contributed by atoms with van der Waals surface area (Å²) < 4.78 is 0. The summed E-state index contributed by atoms with van der Waals surface area (Å²) in [6.45, 7) is 0. The summed E-state index contributed by atoms with van der Waals surface area (Å²) in [6.07, 6.45) is -0.201. The molecule has 2 rings (SSSR count). The van der Waals surface area contributed by atoms with Gasteiger partial charge in [-0.25, -0.2) is 0 Å². The Morgan fingerprint density at radius 2 is 1.62 bits per heavy atom. The molecule has 1 unspecified atom stereocenters. The van der Waals surface area contributed by atoms with E-state index < -0.39 is 12.0 Å². The standard InChI is InChI=1S/C16H15NO4/c18-13-8-6-12(7-9-13)16(21)17-14(10-15(19)20)11-4-2-1-3-5-11/h1-9,14,18H,10H2,(H,17,21)(H,19,20). The van der Waals surface area contributed by atoms with Crippen molar-refractivity contribution in [3.05, 3.63) is 65.7 Å². The lowest BCUT2D eigenvalue weighted by Gasteiger charge is -2.17. The van der Waals surface area contributed by atoms with Gasteiger partial charge in [0.05, 0.1) is 12.5 Å². The number of phenols is 1. The molecule has 0 aliphatic carbocycles. The molecule has 0 saturated carbocycles.